The van der Waals surface area contributed by atoms with Gasteiger partial charge in [-0.25, -0.2) is 0 Å². The van der Waals surface area contributed by atoms with Crippen molar-refractivity contribution in [2.75, 3.05) is 31.7 Å². The molecule has 0 radical (unpaired) electrons. The predicted octanol–water partition coefficient (Wildman–Crippen LogP) is 3.46. The summed E-state index contributed by atoms with van der Waals surface area (Å²) >= 11 is 0. The molecule has 2 heterocycles. The second kappa shape index (κ2) is 11.2. The number of ether oxygens (including phenoxy) is 2. The van der Waals surface area contributed by atoms with Gasteiger partial charge in [-0.3, -0.25) is 9.79 Å². The second-order valence-corrected chi connectivity index (χ2v) is 7.43. The maximum Gasteiger partial charge on any atom is 0.227 e. The standard InChI is InChI=1S/C23H28N4O3.HI/c1-24-23(26-16-18-7-10-20-21(14-18)30-13-3-12-29-20)25-15-17-5-8-19(9-6-17)27-11-2-4-22(27)28;/h5-10,14H,2-4,11-13,15-16H2,1H3,(H2,24,25,26);1H. The van der Waals surface area contributed by atoms with Crippen molar-refractivity contribution < 1.29 is 14.3 Å². The molecule has 2 aromatic carbocycles. The molecule has 7 nitrogen and oxygen atoms in total. The van der Waals surface area contributed by atoms with E-state index in [-0.39, 0.29) is 29.9 Å². The lowest BCUT2D eigenvalue weighted by Crippen LogP contribution is -2.36. The normalized spacial score (nSPS) is 15.8. The van der Waals surface area contributed by atoms with Crippen molar-refractivity contribution in [2.24, 2.45) is 4.99 Å². The van der Waals surface area contributed by atoms with Crippen LogP contribution >= 0.6 is 24.0 Å². The van der Waals surface area contributed by atoms with E-state index >= 15 is 0 Å². The summed E-state index contributed by atoms with van der Waals surface area (Å²) in [4.78, 5) is 18.0. The highest BCUT2D eigenvalue weighted by Gasteiger charge is 2.21. The Morgan fingerprint density at radius 2 is 1.65 bits per heavy atom. The minimum absolute atomic E-state index is 0. The number of benzene rings is 2. The number of carbonyl (C=O) groups excluding carboxylic acids is 1. The molecule has 2 aliphatic rings. The molecule has 0 atom stereocenters. The number of fused-ring (bicyclic) bond motifs is 1. The number of hydrogen-bond acceptors (Lipinski definition) is 4. The van der Waals surface area contributed by atoms with Crippen molar-refractivity contribution in [2.45, 2.75) is 32.4 Å². The number of nitrogens with one attached hydrogen (secondary N) is 2. The number of rotatable bonds is 5. The van der Waals surface area contributed by atoms with Crippen LogP contribution in [0.2, 0.25) is 0 Å². The number of carbonyl (C=O) groups is 1. The van der Waals surface area contributed by atoms with E-state index in [1.807, 2.05) is 47.4 Å². The lowest BCUT2D eigenvalue weighted by molar-refractivity contribution is -0.117. The van der Waals surface area contributed by atoms with E-state index in [1.54, 1.807) is 7.05 Å². The zero-order valence-electron chi connectivity index (χ0n) is 17.7. The van der Waals surface area contributed by atoms with Crippen LogP contribution in [0.5, 0.6) is 11.5 Å². The SMILES string of the molecule is CN=C(NCc1ccc(N2CCCC2=O)cc1)NCc1ccc2c(c1)OCCCO2.I. The highest BCUT2D eigenvalue weighted by molar-refractivity contribution is 14.0. The van der Waals surface area contributed by atoms with Gasteiger partial charge >= 0.3 is 0 Å². The summed E-state index contributed by atoms with van der Waals surface area (Å²) in [6.07, 6.45) is 2.48. The van der Waals surface area contributed by atoms with Crippen LogP contribution in [0, 0.1) is 0 Å². The van der Waals surface area contributed by atoms with Gasteiger partial charge in [0.2, 0.25) is 5.91 Å². The highest BCUT2D eigenvalue weighted by atomic mass is 127. The fraction of sp³-hybridized carbons (Fsp3) is 0.391. The van der Waals surface area contributed by atoms with Gasteiger partial charge in [0.1, 0.15) is 0 Å². The van der Waals surface area contributed by atoms with E-state index < -0.39 is 0 Å². The second-order valence-electron chi connectivity index (χ2n) is 7.43. The van der Waals surface area contributed by atoms with Gasteiger partial charge in [0, 0.05) is 45.2 Å². The molecule has 8 heteroatoms. The lowest BCUT2D eigenvalue weighted by atomic mass is 10.2. The number of hydrogen-bond donors (Lipinski definition) is 2. The molecule has 1 amide bonds. The van der Waals surface area contributed by atoms with Gasteiger partial charge in [-0.1, -0.05) is 18.2 Å². The van der Waals surface area contributed by atoms with Gasteiger partial charge < -0.3 is 25.0 Å². The monoisotopic (exact) mass is 536 g/mol. The van der Waals surface area contributed by atoms with Crippen LogP contribution < -0.4 is 25.0 Å². The van der Waals surface area contributed by atoms with Gasteiger partial charge in [0.25, 0.3) is 0 Å². The number of nitrogens with zero attached hydrogens (tertiary/aromatic N) is 2. The van der Waals surface area contributed by atoms with Crippen LogP contribution in [-0.2, 0) is 17.9 Å². The van der Waals surface area contributed by atoms with E-state index in [2.05, 4.69) is 15.6 Å². The summed E-state index contributed by atoms with van der Waals surface area (Å²) in [5.41, 5.74) is 3.20. The maximum atomic E-state index is 11.9. The topological polar surface area (TPSA) is 75.2 Å². The predicted molar refractivity (Wildman–Crippen MR) is 133 cm³/mol. The third kappa shape index (κ3) is 6.03. The Morgan fingerprint density at radius 3 is 2.32 bits per heavy atom. The molecule has 0 aliphatic carbocycles. The third-order valence-electron chi connectivity index (χ3n) is 5.28. The van der Waals surface area contributed by atoms with Crippen LogP contribution in [0.4, 0.5) is 5.69 Å². The number of aliphatic imine (C=N–C) groups is 1. The Kier molecular flexibility index (Phi) is 8.39. The van der Waals surface area contributed by atoms with E-state index in [0.29, 0.717) is 32.7 Å². The minimum Gasteiger partial charge on any atom is -0.490 e. The highest BCUT2D eigenvalue weighted by Crippen LogP contribution is 2.30. The van der Waals surface area contributed by atoms with Crippen molar-refractivity contribution in [3.05, 3.63) is 53.6 Å². The summed E-state index contributed by atoms with van der Waals surface area (Å²) in [5, 5.41) is 6.66. The molecule has 31 heavy (non-hydrogen) atoms. The fourth-order valence-electron chi connectivity index (χ4n) is 3.62. The van der Waals surface area contributed by atoms with Gasteiger partial charge in [0.05, 0.1) is 13.2 Å². The molecule has 4 rings (SSSR count). The molecule has 166 valence electrons. The first-order valence-electron chi connectivity index (χ1n) is 10.5. The largest absolute Gasteiger partial charge is 0.490 e. The summed E-state index contributed by atoms with van der Waals surface area (Å²) in [6.45, 7) is 3.46. The van der Waals surface area contributed by atoms with Crippen molar-refractivity contribution in [1.29, 1.82) is 0 Å². The van der Waals surface area contributed by atoms with Crippen molar-refractivity contribution in [3.8, 4) is 11.5 Å². The Bertz CT molecular complexity index is 918. The average Bonchev–Trinajstić information content (AvgIpc) is 3.06. The van der Waals surface area contributed by atoms with Gasteiger partial charge in [-0.2, -0.15) is 0 Å². The number of halogens is 1. The van der Waals surface area contributed by atoms with Gasteiger partial charge in [-0.05, 0) is 41.8 Å². The van der Waals surface area contributed by atoms with Gasteiger partial charge in [0.15, 0.2) is 17.5 Å². The third-order valence-corrected chi connectivity index (χ3v) is 5.28. The zero-order chi connectivity index (χ0) is 20.8. The molecule has 2 aliphatic heterocycles. The number of anilines is 1. The van der Waals surface area contributed by atoms with Gasteiger partial charge in [-0.15, -0.1) is 24.0 Å². The first kappa shape index (κ1) is 23.2. The quantitative estimate of drug-likeness (QED) is 0.348. The molecule has 0 spiro atoms. The summed E-state index contributed by atoms with van der Waals surface area (Å²) < 4.78 is 11.4. The number of amides is 1. The molecule has 0 aromatic heterocycles. The van der Waals surface area contributed by atoms with E-state index in [4.69, 9.17) is 9.47 Å². The molecule has 2 N–H and O–H groups in total. The van der Waals surface area contributed by atoms with Crippen LogP contribution in [0.15, 0.2) is 47.5 Å². The first-order chi connectivity index (χ1) is 14.7. The Morgan fingerprint density at radius 1 is 0.968 bits per heavy atom. The maximum absolute atomic E-state index is 11.9. The van der Waals surface area contributed by atoms with Crippen molar-refractivity contribution in [1.82, 2.24) is 10.6 Å². The van der Waals surface area contributed by atoms with E-state index in [0.717, 1.165) is 53.7 Å². The summed E-state index contributed by atoms with van der Waals surface area (Å²) in [7, 11) is 1.76. The summed E-state index contributed by atoms with van der Waals surface area (Å²) in [6, 6.07) is 14.1. The minimum atomic E-state index is 0. The van der Waals surface area contributed by atoms with Crippen molar-refractivity contribution >= 4 is 41.5 Å². The molecular formula is C23H29IN4O3. The van der Waals surface area contributed by atoms with Crippen LogP contribution in [-0.4, -0.2) is 38.7 Å². The number of guanidine groups is 1. The smallest absolute Gasteiger partial charge is 0.227 e. The van der Waals surface area contributed by atoms with Crippen LogP contribution in [0.25, 0.3) is 0 Å². The molecule has 1 fully saturated rings. The fourth-order valence-corrected chi connectivity index (χ4v) is 3.62. The van der Waals surface area contributed by atoms with E-state index in [9.17, 15) is 4.79 Å². The zero-order valence-corrected chi connectivity index (χ0v) is 20.1. The molecule has 0 saturated carbocycles. The Balaban J connectivity index is 0.00000272. The van der Waals surface area contributed by atoms with Crippen molar-refractivity contribution in [3.63, 3.8) is 0 Å². The average molecular weight is 536 g/mol. The Hall–Kier alpha value is -2.49. The molecule has 0 unspecified atom stereocenters. The molecule has 1 saturated heterocycles. The van der Waals surface area contributed by atoms with Crippen LogP contribution in [0.1, 0.15) is 30.4 Å². The Labute approximate surface area is 200 Å². The van der Waals surface area contributed by atoms with Crippen LogP contribution in [0.3, 0.4) is 0 Å². The molecule has 0 bridgehead atoms. The lowest BCUT2D eigenvalue weighted by Gasteiger charge is -2.16. The molecule has 2 aromatic rings. The first-order valence-corrected chi connectivity index (χ1v) is 10.5. The van der Waals surface area contributed by atoms with E-state index in [1.165, 1.54) is 0 Å². The summed E-state index contributed by atoms with van der Waals surface area (Å²) in [5.74, 6) is 2.53. The molecular weight excluding hydrogens is 507 g/mol.